The van der Waals surface area contributed by atoms with Crippen LogP contribution in [0.4, 0.5) is 14.6 Å². The number of hydrogen-bond acceptors (Lipinski definition) is 7. The van der Waals surface area contributed by atoms with Gasteiger partial charge in [0.1, 0.15) is 23.7 Å². The largest absolute Gasteiger partial charge is 0.352 e. The minimum atomic E-state index is -2.84. The Hall–Kier alpha value is -3.27. The highest BCUT2D eigenvalue weighted by Gasteiger charge is 2.29. The summed E-state index contributed by atoms with van der Waals surface area (Å²) >= 11 is 0. The second-order valence-corrected chi connectivity index (χ2v) is 7.39. The zero-order valence-corrected chi connectivity index (χ0v) is 17.1. The Bertz CT molecular complexity index is 1060. The van der Waals surface area contributed by atoms with Gasteiger partial charge in [-0.15, -0.1) is 0 Å². The highest BCUT2D eigenvalue weighted by molar-refractivity contribution is 5.82. The standard InChI is InChI=1S/C21H23F2N7O/c1-2-21(22,23)15-5-3-14(4-6-15)9-27-20(31)17-12-30(8-7-25-17)18-11-26-16-10-24-13-28-19(16)29-18/h3-6,10-11,13,17,25H,2,7-9,12H2,1H3,(H,27,31)/t17-/m1/s1. The smallest absolute Gasteiger partial charge is 0.273 e. The van der Waals surface area contributed by atoms with E-state index >= 15 is 0 Å². The lowest BCUT2D eigenvalue weighted by Gasteiger charge is -2.33. The third-order valence-corrected chi connectivity index (χ3v) is 5.32. The van der Waals surface area contributed by atoms with Crippen molar-refractivity contribution in [3.05, 3.63) is 54.1 Å². The summed E-state index contributed by atoms with van der Waals surface area (Å²) in [6.07, 6.45) is 4.43. The second-order valence-electron chi connectivity index (χ2n) is 7.39. The maximum Gasteiger partial charge on any atom is 0.273 e. The fourth-order valence-corrected chi connectivity index (χ4v) is 3.43. The lowest BCUT2D eigenvalue weighted by Crippen LogP contribution is -2.57. The van der Waals surface area contributed by atoms with E-state index in [1.54, 1.807) is 24.5 Å². The molecule has 0 spiro atoms. The lowest BCUT2D eigenvalue weighted by molar-refractivity contribution is -0.123. The molecule has 1 saturated heterocycles. The van der Waals surface area contributed by atoms with Crippen molar-refractivity contribution in [1.29, 1.82) is 0 Å². The Morgan fingerprint density at radius 3 is 2.84 bits per heavy atom. The Morgan fingerprint density at radius 1 is 1.26 bits per heavy atom. The summed E-state index contributed by atoms with van der Waals surface area (Å²) in [5.41, 5.74) is 1.86. The molecule has 1 aliphatic rings. The first kappa shape index (κ1) is 21.0. The zero-order valence-electron chi connectivity index (χ0n) is 17.1. The number of nitrogens with zero attached hydrogens (tertiary/aromatic N) is 5. The number of nitrogens with one attached hydrogen (secondary N) is 2. The van der Waals surface area contributed by atoms with Crippen molar-refractivity contribution in [3.8, 4) is 0 Å². The highest BCUT2D eigenvalue weighted by atomic mass is 19.3. The normalized spacial score (nSPS) is 17.0. The van der Waals surface area contributed by atoms with Crippen LogP contribution in [0.5, 0.6) is 0 Å². The first-order valence-corrected chi connectivity index (χ1v) is 10.1. The molecule has 2 aromatic heterocycles. The summed E-state index contributed by atoms with van der Waals surface area (Å²) < 4.78 is 27.5. The monoisotopic (exact) mass is 427 g/mol. The maximum absolute atomic E-state index is 13.7. The highest BCUT2D eigenvalue weighted by Crippen LogP contribution is 2.31. The van der Waals surface area contributed by atoms with Crippen LogP contribution in [0.15, 0.2) is 43.0 Å². The van der Waals surface area contributed by atoms with Crippen LogP contribution >= 0.6 is 0 Å². The van der Waals surface area contributed by atoms with Gasteiger partial charge in [0.15, 0.2) is 5.65 Å². The Balaban J connectivity index is 1.36. The van der Waals surface area contributed by atoms with Gasteiger partial charge < -0.3 is 15.5 Å². The molecule has 1 atom stereocenters. The van der Waals surface area contributed by atoms with Gasteiger partial charge in [-0.05, 0) is 5.56 Å². The van der Waals surface area contributed by atoms with Crippen LogP contribution in [0.1, 0.15) is 24.5 Å². The summed E-state index contributed by atoms with van der Waals surface area (Å²) in [6, 6.07) is 5.63. The van der Waals surface area contributed by atoms with Gasteiger partial charge in [0, 0.05) is 38.2 Å². The third-order valence-electron chi connectivity index (χ3n) is 5.32. The molecule has 0 radical (unpaired) electrons. The van der Waals surface area contributed by atoms with E-state index in [1.165, 1.54) is 25.4 Å². The minimum Gasteiger partial charge on any atom is -0.352 e. The van der Waals surface area contributed by atoms with Crippen LogP contribution in [-0.4, -0.2) is 51.5 Å². The zero-order chi connectivity index (χ0) is 21.8. The molecule has 0 unspecified atom stereocenters. The van der Waals surface area contributed by atoms with Crippen molar-refractivity contribution >= 4 is 22.9 Å². The molecule has 0 aliphatic carbocycles. The third kappa shape index (κ3) is 4.74. The van der Waals surface area contributed by atoms with Gasteiger partial charge in [-0.3, -0.25) is 4.79 Å². The molecule has 1 amide bonds. The lowest BCUT2D eigenvalue weighted by atomic mass is 10.0. The molecule has 10 heteroatoms. The van der Waals surface area contributed by atoms with E-state index in [0.29, 0.717) is 36.6 Å². The van der Waals surface area contributed by atoms with Crippen molar-refractivity contribution in [2.75, 3.05) is 24.5 Å². The van der Waals surface area contributed by atoms with E-state index < -0.39 is 12.0 Å². The number of piperazine rings is 1. The van der Waals surface area contributed by atoms with Crippen molar-refractivity contribution < 1.29 is 13.6 Å². The predicted octanol–water partition coefficient (Wildman–Crippen LogP) is 2.02. The first-order valence-electron chi connectivity index (χ1n) is 10.1. The summed E-state index contributed by atoms with van der Waals surface area (Å²) in [7, 11) is 0. The molecule has 2 N–H and O–H groups in total. The van der Waals surface area contributed by atoms with Gasteiger partial charge >= 0.3 is 0 Å². The number of halogens is 2. The van der Waals surface area contributed by atoms with Crippen molar-refractivity contribution in [2.24, 2.45) is 0 Å². The second kappa shape index (κ2) is 8.84. The molecule has 31 heavy (non-hydrogen) atoms. The number of carbonyl (C=O) groups is 1. The molecular formula is C21H23F2N7O. The molecule has 3 aromatic rings. The van der Waals surface area contributed by atoms with Gasteiger partial charge in [-0.1, -0.05) is 31.2 Å². The maximum atomic E-state index is 13.7. The van der Waals surface area contributed by atoms with Crippen molar-refractivity contribution in [2.45, 2.75) is 31.9 Å². The number of fused-ring (bicyclic) bond motifs is 1. The van der Waals surface area contributed by atoms with E-state index in [2.05, 4.69) is 30.6 Å². The quantitative estimate of drug-likeness (QED) is 0.621. The average Bonchev–Trinajstić information content (AvgIpc) is 2.82. The van der Waals surface area contributed by atoms with Crippen LogP contribution in [0.25, 0.3) is 11.2 Å². The van der Waals surface area contributed by atoms with E-state index in [4.69, 9.17) is 0 Å². The summed E-state index contributed by atoms with van der Waals surface area (Å²) in [5.74, 6) is -2.35. The molecule has 0 saturated carbocycles. The molecule has 1 fully saturated rings. The first-order chi connectivity index (χ1) is 15.0. The Morgan fingerprint density at radius 2 is 2.06 bits per heavy atom. The number of aromatic nitrogens is 4. The van der Waals surface area contributed by atoms with E-state index in [-0.39, 0.29) is 24.4 Å². The molecule has 1 aliphatic heterocycles. The van der Waals surface area contributed by atoms with Crippen molar-refractivity contribution in [3.63, 3.8) is 0 Å². The number of benzene rings is 1. The van der Waals surface area contributed by atoms with Crippen LogP contribution in [0, 0.1) is 0 Å². The Kier molecular flexibility index (Phi) is 5.99. The average molecular weight is 427 g/mol. The van der Waals surface area contributed by atoms with Crippen LogP contribution in [0.3, 0.4) is 0 Å². The fraction of sp³-hybridized carbons (Fsp3) is 0.381. The SMILES string of the molecule is CCC(F)(F)c1ccc(CNC(=O)[C@H]2CN(c3cnc4cncnc4n3)CCN2)cc1. The van der Waals surface area contributed by atoms with Crippen molar-refractivity contribution in [1.82, 2.24) is 30.6 Å². The van der Waals surface area contributed by atoms with Crippen LogP contribution < -0.4 is 15.5 Å². The molecule has 1 aromatic carbocycles. The van der Waals surface area contributed by atoms with Gasteiger partial charge in [0.25, 0.3) is 5.92 Å². The minimum absolute atomic E-state index is 0.0172. The Labute approximate surface area is 178 Å². The number of anilines is 1. The fourth-order valence-electron chi connectivity index (χ4n) is 3.43. The number of rotatable bonds is 6. The number of amides is 1. The van der Waals surface area contributed by atoms with Gasteiger partial charge in [-0.2, -0.15) is 0 Å². The van der Waals surface area contributed by atoms with Gasteiger partial charge in [-0.25, -0.2) is 28.7 Å². The molecule has 4 rings (SSSR count). The van der Waals surface area contributed by atoms with E-state index in [0.717, 1.165) is 5.56 Å². The summed E-state index contributed by atoms with van der Waals surface area (Å²) in [4.78, 5) is 31.5. The molecular weight excluding hydrogens is 404 g/mol. The number of alkyl halides is 2. The van der Waals surface area contributed by atoms with Crippen LogP contribution in [-0.2, 0) is 17.3 Å². The molecule has 3 heterocycles. The topological polar surface area (TPSA) is 95.9 Å². The molecule has 8 nitrogen and oxygen atoms in total. The van der Waals surface area contributed by atoms with E-state index in [1.807, 2.05) is 4.90 Å². The van der Waals surface area contributed by atoms with Crippen LogP contribution in [0.2, 0.25) is 0 Å². The number of hydrogen-bond donors (Lipinski definition) is 2. The summed E-state index contributed by atoms with van der Waals surface area (Å²) in [5, 5.41) is 6.07. The number of carbonyl (C=O) groups excluding carboxylic acids is 1. The predicted molar refractivity (Wildman–Crippen MR) is 112 cm³/mol. The van der Waals surface area contributed by atoms with Gasteiger partial charge in [0.05, 0.1) is 12.4 Å². The summed E-state index contributed by atoms with van der Waals surface area (Å²) in [6.45, 7) is 3.44. The van der Waals surface area contributed by atoms with E-state index in [9.17, 15) is 13.6 Å². The van der Waals surface area contributed by atoms with Gasteiger partial charge in [0.2, 0.25) is 5.91 Å². The molecule has 162 valence electrons. The molecule has 0 bridgehead atoms.